The van der Waals surface area contributed by atoms with Gasteiger partial charge in [-0.1, -0.05) is 17.4 Å². The summed E-state index contributed by atoms with van der Waals surface area (Å²) in [5.41, 5.74) is 6.54. The molecule has 0 spiro atoms. The number of halogens is 2. The number of nitrogens with one attached hydrogen (secondary N) is 2. The molecule has 2 atom stereocenters. The van der Waals surface area contributed by atoms with Crippen LogP contribution in [0.4, 0.5) is 25.3 Å². The van der Waals surface area contributed by atoms with Gasteiger partial charge >= 0.3 is 0 Å². The van der Waals surface area contributed by atoms with Gasteiger partial charge in [-0.25, -0.2) is 13.8 Å². The van der Waals surface area contributed by atoms with Crippen LogP contribution in [0.25, 0.3) is 10.6 Å². The molecular formula is C21H27F2N7OS. The normalized spacial score (nSPS) is 17.9. The fraction of sp³-hybridized carbons (Fsp3) is 0.429. The van der Waals surface area contributed by atoms with Crippen molar-refractivity contribution in [2.45, 2.75) is 31.5 Å². The third-order valence-corrected chi connectivity index (χ3v) is 6.67. The molecule has 0 aliphatic carbocycles. The summed E-state index contributed by atoms with van der Waals surface area (Å²) in [6, 6.07) is 4.08. The van der Waals surface area contributed by atoms with Gasteiger partial charge in [0.25, 0.3) is 0 Å². The largest absolute Gasteiger partial charge is 0.389 e. The lowest BCUT2D eigenvalue weighted by Crippen LogP contribution is -2.30. The minimum absolute atomic E-state index is 0.0750. The number of aliphatic hydroxyl groups excluding tert-OH is 1. The van der Waals surface area contributed by atoms with Gasteiger partial charge in [-0.3, -0.25) is 4.68 Å². The molecule has 0 radical (unpaired) electrons. The molecule has 0 saturated carbocycles. The molecule has 0 bridgehead atoms. The smallest absolute Gasteiger partial charge is 0.171 e. The first-order valence-corrected chi connectivity index (χ1v) is 11.3. The number of aryl methyl sites for hydroxylation is 1. The summed E-state index contributed by atoms with van der Waals surface area (Å²) in [5, 5.41) is 21.8. The number of thiazole rings is 1. The molecule has 1 saturated heterocycles. The van der Waals surface area contributed by atoms with Gasteiger partial charge < -0.3 is 26.4 Å². The van der Waals surface area contributed by atoms with Crippen LogP contribution >= 0.6 is 11.3 Å². The second-order valence-corrected chi connectivity index (χ2v) is 8.85. The summed E-state index contributed by atoms with van der Waals surface area (Å²) in [4.78, 5) is 6.47. The second kappa shape index (κ2) is 9.39. The van der Waals surface area contributed by atoms with E-state index in [4.69, 9.17) is 5.73 Å². The topological polar surface area (TPSA) is 104 Å². The molecule has 0 amide bonds. The van der Waals surface area contributed by atoms with Crippen LogP contribution in [0.1, 0.15) is 31.2 Å². The van der Waals surface area contributed by atoms with E-state index in [1.54, 1.807) is 10.9 Å². The zero-order valence-corrected chi connectivity index (χ0v) is 18.8. The molecule has 32 heavy (non-hydrogen) atoms. The molecule has 11 heteroatoms. The van der Waals surface area contributed by atoms with Crippen LogP contribution < -0.4 is 21.3 Å². The van der Waals surface area contributed by atoms with Crippen molar-refractivity contribution in [1.29, 1.82) is 0 Å². The van der Waals surface area contributed by atoms with E-state index >= 15 is 0 Å². The zero-order chi connectivity index (χ0) is 22.8. The Kier molecular flexibility index (Phi) is 6.58. The van der Waals surface area contributed by atoms with Crippen molar-refractivity contribution in [2.24, 2.45) is 7.05 Å². The zero-order valence-electron chi connectivity index (χ0n) is 18.0. The van der Waals surface area contributed by atoms with Gasteiger partial charge in [0.2, 0.25) is 0 Å². The molecule has 1 unspecified atom stereocenters. The molecule has 4 rings (SSSR count). The van der Waals surface area contributed by atoms with E-state index in [0.29, 0.717) is 11.7 Å². The Balaban J connectivity index is 1.57. The van der Waals surface area contributed by atoms with E-state index in [2.05, 4.69) is 25.6 Å². The van der Waals surface area contributed by atoms with Crippen molar-refractivity contribution >= 4 is 27.8 Å². The standard InChI is InChI=1S/C21H27F2N7OS/c1-25-12-5-4-9-30(10-8-12)21-15(11-26-29(21)2)27-19(31)17-18(24)32-20(28-17)16-13(22)6-3-7-14(16)23/h3,6-7,11-12,19,25,27,31H,4-5,8-10,24H2,1-2H3/t12-,19?/m0/s1. The fourth-order valence-corrected chi connectivity index (χ4v) is 4.98. The van der Waals surface area contributed by atoms with Gasteiger partial charge in [0.15, 0.2) is 6.23 Å². The average Bonchev–Trinajstić information content (AvgIpc) is 3.21. The van der Waals surface area contributed by atoms with Crippen molar-refractivity contribution in [2.75, 3.05) is 36.1 Å². The molecule has 3 heterocycles. The van der Waals surface area contributed by atoms with Gasteiger partial charge in [0, 0.05) is 26.2 Å². The lowest BCUT2D eigenvalue weighted by molar-refractivity contribution is 0.205. The third kappa shape index (κ3) is 4.41. The molecule has 1 aliphatic rings. The summed E-state index contributed by atoms with van der Waals surface area (Å²) in [5.74, 6) is -0.610. The van der Waals surface area contributed by atoms with E-state index in [0.717, 1.165) is 61.6 Å². The summed E-state index contributed by atoms with van der Waals surface area (Å²) >= 11 is 0.926. The highest BCUT2D eigenvalue weighted by Crippen LogP contribution is 2.37. The van der Waals surface area contributed by atoms with E-state index < -0.39 is 17.9 Å². The highest BCUT2D eigenvalue weighted by atomic mass is 32.1. The Morgan fingerprint density at radius 3 is 2.72 bits per heavy atom. The van der Waals surface area contributed by atoms with Gasteiger partial charge in [-0.05, 0) is 38.4 Å². The number of nitrogen functional groups attached to an aromatic ring is 1. The van der Waals surface area contributed by atoms with Gasteiger partial charge in [-0.2, -0.15) is 5.10 Å². The van der Waals surface area contributed by atoms with Crippen LogP contribution in [-0.2, 0) is 7.05 Å². The summed E-state index contributed by atoms with van der Waals surface area (Å²) in [6.07, 6.45) is 3.50. The van der Waals surface area contributed by atoms with Crippen molar-refractivity contribution < 1.29 is 13.9 Å². The maximum atomic E-state index is 14.2. The fourth-order valence-electron chi connectivity index (χ4n) is 4.07. The predicted octanol–water partition coefficient (Wildman–Crippen LogP) is 3.09. The number of anilines is 3. The lowest BCUT2D eigenvalue weighted by Gasteiger charge is -2.25. The molecular weight excluding hydrogens is 436 g/mol. The Hall–Kier alpha value is -2.76. The minimum atomic E-state index is -1.27. The first-order chi connectivity index (χ1) is 15.4. The van der Waals surface area contributed by atoms with E-state index in [1.165, 1.54) is 6.07 Å². The van der Waals surface area contributed by atoms with Crippen LogP contribution in [-0.4, -0.2) is 46.1 Å². The maximum absolute atomic E-state index is 14.2. The molecule has 5 N–H and O–H groups in total. The highest BCUT2D eigenvalue weighted by molar-refractivity contribution is 7.18. The Morgan fingerprint density at radius 1 is 1.25 bits per heavy atom. The van der Waals surface area contributed by atoms with E-state index in [-0.39, 0.29) is 21.3 Å². The molecule has 172 valence electrons. The number of hydrogen-bond donors (Lipinski definition) is 4. The SMILES string of the molecule is CN[C@H]1CCCN(c2c(NC(O)c3nc(-c4c(F)cccc4F)sc3N)cnn2C)CC1. The number of aromatic nitrogens is 3. The van der Waals surface area contributed by atoms with Gasteiger partial charge in [0.1, 0.15) is 33.2 Å². The maximum Gasteiger partial charge on any atom is 0.171 e. The van der Waals surface area contributed by atoms with Crippen LogP contribution in [0.3, 0.4) is 0 Å². The van der Waals surface area contributed by atoms with Crippen LogP contribution in [0.2, 0.25) is 0 Å². The Morgan fingerprint density at radius 2 is 2.00 bits per heavy atom. The van der Waals surface area contributed by atoms with E-state index in [1.807, 2.05) is 14.1 Å². The summed E-state index contributed by atoms with van der Waals surface area (Å²) < 4.78 is 30.1. The number of nitrogens with two attached hydrogens (primary N) is 1. The predicted molar refractivity (Wildman–Crippen MR) is 123 cm³/mol. The summed E-state index contributed by atoms with van der Waals surface area (Å²) in [7, 11) is 3.83. The molecule has 1 fully saturated rings. The minimum Gasteiger partial charge on any atom is -0.389 e. The monoisotopic (exact) mass is 463 g/mol. The Bertz CT molecular complexity index is 1070. The van der Waals surface area contributed by atoms with Crippen molar-refractivity contribution in [3.63, 3.8) is 0 Å². The van der Waals surface area contributed by atoms with Crippen LogP contribution in [0.15, 0.2) is 24.4 Å². The number of hydrogen-bond acceptors (Lipinski definition) is 8. The molecule has 3 aromatic rings. The van der Waals surface area contributed by atoms with Crippen molar-refractivity contribution in [3.05, 3.63) is 41.7 Å². The second-order valence-electron chi connectivity index (χ2n) is 7.82. The van der Waals surface area contributed by atoms with E-state index in [9.17, 15) is 13.9 Å². The quantitative estimate of drug-likeness (QED) is 0.417. The van der Waals surface area contributed by atoms with Gasteiger partial charge in [0.05, 0.1) is 17.4 Å². The number of benzene rings is 1. The Labute approximate surface area is 189 Å². The average molecular weight is 464 g/mol. The molecule has 8 nitrogen and oxygen atoms in total. The van der Waals surface area contributed by atoms with Gasteiger partial charge in [-0.15, -0.1) is 0 Å². The molecule has 2 aromatic heterocycles. The molecule has 1 aliphatic heterocycles. The lowest BCUT2D eigenvalue weighted by atomic mass is 10.1. The van der Waals surface area contributed by atoms with Crippen molar-refractivity contribution in [1.82, 2.24) is 20.1 Å². The summed E-state index contributed by atoms with van der Waals surface area (Å²) in [6.45, 7) is 1.73. The van der Waals surface area contributed by atoms with Crippen molar-refractivity contribution in [3.8, 4) is 10.6 Å². The number of aliphatic hydroxyl groups is 1. The third-order valence-electron chi connectivity index (χ3n) is 5.75. The molecule has 1 aromatic carbocycles. The van der Waals surface area contributed by atoms with Crippen LogP contribution in [0.5, 0.6) is 0 Å². The highest BCUT2D eigenvalue weighted by Gasteiger charge is 2.25. The number of nitrogens with zero attached hydrogens (tertiary/aromatic N) is 4. The first-order valence-electron chi connectivity index (χ1n) is 10.5. The first kappa shape index (κ1) is 22.4. The number of rotatable bonds is 6. The van der Waals surface area contributed by atoms with Crippen LogP contribution in [0, 0.1) is 11.6 Å².